The molecule has 1 unspecified atom stereocenters. The molecule has 0 bridgehead atoms. The molecule has 0 aromatic heterocycles. The molecular weight excluding hydrogens is 304 g/mol. The lowest BCUT2D eigenvalue weighted by molar-refractivity contribution is -0.317. The van der Waals surface area contributed by atoms with Crippen LogP contribution < -0.4 is 5.32 Å². The smallest absolute Gasteiger partial charge is 0.407 e. The number of rotatable bonds is 7. The quantitative estimate of drug-likeness (QED) is 0.655. The summed E-state index contributed by atoms with van der Waals surface area (Å²) >= 11 is 0. The summed E-state index contributed by atoms with van der Waals surface area (Å²) in [6.45, 7) is 0.540. The first-order valence-corrected chi connectivity index (χ1v) is 7.10. The Morgan fingerprint density at radius 3 is 2.70 bits per heavy atom. The molecule has 1 amide bonds. The number of ether oxygens (including phenoxy) is 1. The minimum atomic E-state index is -1.20. The molecule has 1 aromatic rings. The van der Waals surface area contributed by atoms with E-state index >= 15 is 0 Å². The normalized spacial score (nSPS) is 17.3. The lowest BCUT2D eigenvalue weighted by Gasteiger charge is -2.12. The Kier molecular flexibility index (Phi) is 5.95. The lowest BCUT2D eigenvalue weighted by Crippen LogP contribution is -2.32. The van der Waals surface area contributed by atoms with Crippen molar-refractivity contribution in [2.45, 2.75) is 25.5 Å². The number of hydrogen-bond donors (Lipinski definition) is 3. The maximum Gasteiger partial charge on any atom is 0.407 e. The number of nitrogens with zero attached hydrogens (tertiary/aromatic N) is 1. The van der Waals surface area contributed by atoms with Gasteiger partial charge in [-0.2, -0.15) is 0 Å². The number of carboxylic acid groups (broad SMARTS) is 1. The van der Waals surface area contributed by atoms with Gasteiger partial charge < -0.3 is 20.0 Å². The van der Waals surface area contributed by atoms with E-state index in [1.807, 2.05) is 30.3 Å². The van der Waals surface area contributed by atoms with Crippen LogP contribution in [0.15, 0.2) is 42.2 Å². The fraction of sp³-hybridized carbons (Fsp3) is 0.333. The van der Waals surface area contributed by atoms with Crippen molar-refractivity contribution in [3.8, 4) is 0 Å². The number of hydroxylamine groups is 2. The minimum absolute atomic E-state index is 0.195. The summed E-state index contributed by atoms with van der Waals surface area (Å²) in [6.07, 6.45) is 1.70. The first kappa shape index (κ1) is 16.8. The van der Waals surface area contributed by atoms with Crippen LogP contribution in [0.5, 0.6) is 0 Å². The molecular formula is C15H18N2O6. The van der Waals surface area contributed by atoms with Gasteiger partial charge in [0.05, 0.1) is 0 Å². The van der Waals surface area contributed by atoms with Gasteiger partial charge in [0, 0.05) is 13.0 Å². The number of allylic oxidation sites excluding steroid dienone is 1. The van der Waals surface area contributed by atoms with Crippen molar-refractivity contribution < 1.29 is 29.5 Å². The zero-order chi connectivity index (χ0) is 16.7. The molecule has 2 rings (SSSR count). The number of alkyl carbamates (subject to hydrolysis) is 1. The van der Waals surface area contributed by atoms with Gasteiger partial charge in [0.2, 0.25) is 0 Å². The fourth-order valence-corrected chi connectivity index (χ4v) is 1.97. The van der Waals surface area contributed by atoms with Gasteiger partial charge in [0.1, 0.15) is 12.4 Å². The Labute approximate surface area is 132 Å². The summed E-state index contributed by atoms with van der Waals surface area (Å²) in [5.41, 5.74) is 0.898. The maximum atomic E-state index is 11.5. The fourth-order valence-electron chi connectivity index (χ4n) is 1.97. The van der Waals surface area contributed by atoms with Crippen molar-refractivity contribution in [2.24, 2.45) is 0 Å². The Morgan fingerprint density at radius 2 is 2.04 bits per heavy atom. The number of carbonyl (C=O) groups excluding carboxylic acids is 1. The third-order valence-electron chi connectivity index (χ3n) is 3.13. The molecule has 1 heterocycles. The van der Waals surface area contributed by atoms with Crippen molar-refractivity contribution in [1.82, 2.24) is 10.5 Å². The van der Waals surface area contributed by atoms with Crippen molar-refractivity contribution in [1.29, 1.82) is 0 Å². The average Bonchev–Trinajstić information content (AvgIpc) is 2.92. The minimum Gasteiger partial charge on any atom is -0.480 e. The molecule has 23 heavy (non-hydrogen) atoms. The zero-order valence-corrected chi connectivity index (χ0v) is 12.3. The van der Waals surface area contributed by atoms with E-state index in [4.69, 9.17) is 14.7 Å². The van der Waals surface area contributed by atoms with Crippen molar-refractivity contribution in [2.75, 3.05) is 6.54 Å². The molecule has 1 atom stereocenters. The standard InChI is InChI=1S/C15H18N2O6/c18-14(19)13-9-12(23-17(13)21)7-4-8-16-15(20)22-10-11-5-2-1-3-6-11/h1-3,5-6,9,13,21H,4,7-8,10H2,(H,16,20)(H,18,19). The second-order valence-electron chi connectivity index (χ2n) is 4.90. The van der Waals surface area contributed by atoms with E-state index in [0.29, 0.717) is 30.4 Å². The summed E-state index contributed by atoms with van der Waals surface area (Å²) in [6, 6.07) is 8.12. The summed E-state index contributed by atoms with van der Waals surface area (Å²) in [5, 5.41) is 20.9. The molecule has 1 aliphatic rings. The highest BCUT2D eigenvalue weighted by Crippen LogP contribution is 2.19. The highest BCUT2D eigenvalue weighted by Gasteiger charge is 2.31. The summed E-state index contributed by atoms with van der Waals surface area (Å²) < 4.78 is 5.04. The van der Waals surface area contributed by atoms with Gasteiger partial charge in [0.25, 0.3) is 0 Å². The number of carboxylic acids is 1. The van der Waals surface area contributed by atoms with Crippen LogP contribution in [0.3, 0.4) is 0 Å². The Balaban J connectivity index is 1.61. The predicted octanol–water partition coefficient (Wildman–Crippen LogP) is 1.67. The predicted molar refractivity (Wildman–Crippen MR) is 78.1 cm³/mol. The molecule has 0 radical (unpaired) electrons. The highest BCUT2D eigenvalue weighted by atomic mass is 16.9. The lowest BCUT2D eigenvalue weighted by atomic mass is 10.2. The van der Waals surface area contributed by atoms with Gasteiger partial charge in [-0.05, 0) is 23.3 Å². The first-order valence-electron chi connectivity index (χ1n) is 7.10. The van der Waals surface area contributed by atoms with Gasteiger partial charge in [-0.25, -0.2) is 9.59 Å². The molecule has 3 N–H and O–H groups in total. The maximum absolute atomic E-state index is 11.5. The Morgan fingerprint density at radius 1 is 1.30 bits per heavy atom. The van der Waals surface area contributed by atoms with E-state index < -0.39 is 18.1 Å². The molecule has 1 aliphatic heterocycles. The highest BCUT2D eigenvalue weighted by molar-refractivity contribution is 5.76. The topological polar surface area (TPSA) is 108 Å². The van der Waals surface area contributed by atoms with Gasteiger partial charge in [-0.15, -0.1) is 0 Å². The van der Waals surface area contributed by atoms with Crippen molar-refractivity contribution in [3.63, 3.8) is 0 Å². The van der Waals surface area contributed by atoms with Crippen LogP contribution in [0.25, 0.3) is 0 Å². The molecule has 124 valence electrons. The molecule has 8 heteroatoms. The van der Waals surface area contributed by atoms with Gasteiger partial charge in [-0.1, -0.05) is 30.3 Å². The van der Waals surface area contributed by atoms with Crippen molar-refractivity contribution >= 4 is 12.1 Å². The first-order chi connectivity index (χ1) is 11.1. The van der Waals surface area contributed by atoms with Crippen LogP contribution in [0, 0.1) is 0 Å². The number of nitrogens with one attached hydrogen (secondary N) is 1. The van der Waals surface area contributed by atoms with E-state index in [1.54, 1.807) is 0 Å². The summed E-state index contributed by atoms with van der Waals surface area (Å²) in [5.74, 6) is -0.857. The van der Waals surface area contributed by atoms with E-state index in [1.165, 1.54) is 6.08 Å². The Hall–Kier alpha value is -2.58. The average molecular weight is 322 g/mol. The second-order valence-corrected chi connectivity index (χ2v) is 4.90. The summed E-state index contributed by atoms with van der Waals surface area (Å²) in [4.78, 5) is 27.1. The number of hydrogen-bond acceptors (Lipinski definition) is 6. The van der Waals surface area contributed by atoms with Crippen LogP contribution >= 0.6 is 0 Å². The zero-order valence-electron chi connectivity index (χ0n) is 12.3. The number of carbonyl (C=O) groups is 2. The molecule has 0 saturated heterocycles. The molecule has 0 fully saturated rings. The van der Waals surface area contributed by atoms with Gasteiger partial charge in [0.15, 0.2) is 6.04 Å². The molecule has 0 saturated carbocycles. The number of benzene rings is 1. The van der Waals surface area contributed by atoms with Crippen molar-refractivity contribution in [3.05, 3.63) is 47.7 Å². The Bertz CT molecular complexity index is 575. The molecule has 1 aromatic carbocycles. The van der Waals surface area contributed by atoms with E-state index in [2.05, 4.69) is 5.32 Å². The van der Waals surface area contributed by atoms with Crippen LogP contribution in [0.2, 0.25) is 0 Å². The number of aliphatic carboxylic acids is 1. The molecule has 0 spiro atoms. The molecule has 8 nitrogen and oxygen atoms in total. The second kappa shape index (κ2) is 8.16. The third kappa shape index (κ3) is 5.28. The summed E-state index contributed by atoms with van der Waals surface area (Å²) in [7, 11) is 0. The molecule has 0 aliphatic carbocycles. The van der Waals surface area contributed by atoms with E-state index in [0.717, 1.165) is 5.56 Å². The largest absolute Gasteiger partial charge is 0.480 e. The van der Waals surface area contributed by atoms with Gasteiger partial charge >= 0.3 is 12.1 Å². The van der Waals surface area contributed by atoms with Crippen LogP contribution in [0.4, 0.5) is 4.79 Å². The van der Waals surface area contributed by atoms with E-state index in [9.17, 15) is 14.8 Å². The number of amides is 1. The van der Waals surface area contributed by atoms with Crippen LogP contribution in [-0.2, 0) is 21.0 Å². The van der Waals surface area contributed by atoms with Crippen LogP contribution in [0.1, 0.15) is 18.4 Å². The van der Waals surface area contributed by atoms with Gasteiger partial charge in [-0.3, -0.25) is 5.21 Å². The monoisotopic (exact) mass is 322 g/mol. The van der Waals surface area contributed by atoms with E-state index in [-0.39, 0.29) is 6.61 Å². The van der Waals surface area contributed by atoms with Crippen LogP contribution in [-0.4, -0.2) is 40.2 Å². The third-order valence-corrected chi connectivity index (χ3v) is 3.13. The SMILES string of the molecule is O=C(NCCCC1=CC(C(=O)O)N(O)O1)OCc1ccccc1.